The van der Waals surface area contributed by atoms with Crippen molar-refractivity contribution in [2.45, 2.75) is 24.7 Å². The zero-order valence-electron chi connectivity index (χ0n) is 15.0. The van der Waals surface area contributed by atoms with E-state index in [4.69, 9.17) is 0 Å². The average Bonchev–Trinajstić information content (AvgIpc) is 2.71. The zero-order valence-corrected chi connectivity index (χ0v) is 15.8. The van der Waals surface area contributed by atoms with Crippen LogP contribution in [0.5, 0.6) is 0 Å². The number of ketones is 1. The second kappa shape index (κ2) is 7.56. The first-order valence-corrected chi connectivity index (χ1v) is 10.7. The van der Waals surface area contributed by atoms with Gasteiger partial charge >= 0.3 is 0 Å². The maximum absolute atomic E-state index is 12.9. The molecule has 0 aliphatic carbocycles. The normalized spacial score (nSPS) is 25.8. The molecule has 1 saturated heterocycles. The predicted octanol–water partition coefficient (Wildman–Crippen LogP) is 5.89. The molecule has 1 aliphatic heterocycles. The van der Waals surface area contributed by atoms with Gasteiger partial charge in [-0.2, -0.15) is 0 Å². The Morgan fingerprint density at radius 2 is 1.23 bits per heavy atom. The molecule has 1 heterocycles. The maximum atomic E-state index is 12.9. The number of rotatable bonds is 3. The summed E-state index contributed by atoms with van der Waals surface area (Å²) in [5.41, 5.74) is 3.13. The third kappa shape index (κ3) is 3.24. The highest BCUT2D eigenvalue weighted by Gasteiger charge is 2.43. The SMILES string of the molecule is C[C@H]1C(=O)C[C@H](c2ccccc2)[P@@](c2ccccc2)[C@@H]1c1ccccc1. The van der Waals surface area contributed by atoms with Crippen molar-refractivity contribution in [1.29, 1.82) is 0 Å². The fourth-order valence-corrected chi connectivity index (χ4v) is 7.68. The molecule has 2 heteroatoms. The quantitative estimate of drug-likeness (QED) is 0.534. The van der Waals surface area contributed by atoms with Crippen LogP contribution >= 0.6 is 7.92 Å². The first-order valence-electron chi connectivity index (χ1n) is 9.21. The average molecular weight is 358 g/mol. The minimum atomic E-state index is -0.533. The Hall–Kier alpha value is -2.24. The molecular weight excluding hydrogens is 335 g/mol. The van der Waals surface area contributed by atoms with E-state index in [1.165, 1.54) is 16.4 Å². The Morgan fingerprint density at radius 1 is 0.731 bits per heavy atom. The molecule has 0 saturated carbocycles. The smallest absolute Gasteiger partial charge is 0.137 e. The van der Waals surface area contributed by atoms with Crippen LogP contribution in [0.1, 0.15) is 35.8 Å². The summed E-state index contributed by atoms with van der Waals surface area (Å²) < 4.78 is 0. The van der Waals surface area contributed by atoms with Gasteiger partial charge in [0.05, 0.1) is 0 Å². The Balaban J connectivity index is 1.87. The third-order valence-corrected chi connectivity index (χ3v) is 8.78. The lowest BCUT2D eigenvalue weighted by atomic mass is 9.91. The Morgan fingerprint density at radius 3 is 1.81 bits per heavy atom. The lowest BCUT2D eigenvalue weighted by Gasteiger charge is -2.42. The van der Waals surface area contributed by atoms with Crippen molar-refractivity contribution in [2.75, 3.05) is 0 Å². The van der Waals surface area contributed by atoms with Gasteiger partial charge in [-0.25, -0.2) is 0 Å². The topological polar surface area (TPSA) is 17.1 Å². The van der Waals surface area contributed by atoms with E-state index < -0.39 is 7.92 Å². The van der Waals surface area contributed by atoms with Crippen LogP contribution in [0.3, 0.4) is 0 Å². The van der Waals surface area contributed by atoms with Gasteiger partial charge in [-0.15, -0.1) is 0 Å². The molecule has 4 atom stereocenters. The molecule has 1 fully saturated rings. The van der Waals surface area contributed by atoms with Gasteiger partial charge in [0, 0.05) is 23.7 Å². The minimum Gasteiger partial charge on any atom is -0.299 e. The molecule has 0 spiro atoms. The molecule has 4 rings (SSSR count). The van der Waals surface area contributed by atoms with Crippen molar-refractivity contribution >= 4 is 19.0 Å². The van der Waals surface area contributed by atoms with Crippen molar-refractivity contribution in [1.82, 2.24) is 0 Å². The second-order valence-electron chi connectivity index (χ2n) is 6.98. The number of Topliss-reactive ketones (excluding diaryl/α,β-unsaturated/α-hetero) is 1. The molecule has 0 bridgehead atoms. The highest BCUT2D eigenvalue weighted by molar-refractivity contribution is 7.66. The van der Waals surface area contributed by atoms with Gasteiger partial charge < -0.3 is 0 Å². The molecule has 0 N–H and O–H groups in total. The monoisotopic (exact) mass is 358 g/mol. The lowest BCUT2D eigenvalue weighted by Crippen LogP contribution is -2.30. The number of carbonyl (C=O) groups excluding carboxylic acids is 1. The lowest BCUT2D eigenvalue weighted by molar-refractivity contribution is -0.122. The largest absolute Gasteiger partial charge is 0.299 e. The summed E-state index contributed by atoms with van der Waals surface area (Å²) in [5, 5.41) is 1.39. The van der Waals surface area contributed by atoms with Crippen LogP contribution in [-0.2, 0) is 4.79 Å². The van der Waals surface area contributed by atoms with Crippen molar-refractivity contribution in [3.05, 3.63) is 102 Å². The van der Waals surface area contributed by atoms with E-state index in [9.17, 15) is 4.79 Å². The fraction of sp³-hybridized carbons (Fsp3) is 0.208. The molecule has 1 aliphatic rings. The Kier molecular flexibility index (Phi) is 5.00. The van der Waals surface area contributed by atoms with Gasteiger partial charge in [0.25, 0.3) is 0 Å². The van der Waals surface area contributed by atoms with Gasteiger partial charge in [-0.3, -0.25) is 4.79 Å². The van der Waals surface area contributed by atoms with Gasteiger partial charge in [0.15, 0.2) is 0 Å². The molecule has 3 aromatic rings. The standard InChI is InChI=1S/C24H23OP/c1-18-22(25)17-23(19-11-5-2-6-12-19)26(21-15-9-4-10-16-21)24(18)20-13-7-3-8-14-20/h2-16,18,23-24H,17H2,1H3/t18-,23+,24-,26+/m0/s1. The van der Waals surface area contributed by atoms with Crippen LogP contribution in [0.25, 0.3) is 0 Å². The van der Waals surface area contributed by atoms with Crippen molar-refractivity contribution in [3.63, 3.8) is 0 Å². The van der Waals surface area contributed by atoms with E-state index in [0.717, 1.165) is 0 Å². The minimum absolute atomic E-state index is 0.0590. The Labute approximate surface area is 156 Å². The van der Waals surface area contributed by atoms with Gasteiger partial charge in [0.2, 0.25) is 0 Å². The predicted molar refractivity (Wildman–Crippen MR) is 110 cm³/mol. The van der Waals surface area contributed by atoms with Crippen LogP contribution in [0.4, 0.5) is 0 Å². The van der Waals surface area contributed by atoms with E-state index in [0.29, 0.717) is 12.2 Å². The number of hydrogen-bond acceptors (Lipinski definition) is 1. The number of benzene rings is 3. The fourth-order valence-electron chi connectivity index (χ4n) is 4.08. The number of carbonyl (C=O) groups is 1. The van der Waals surface area contributed by atoms with E-state index in [1.54, 1.807) is 0 Å². The van der Waals surface area contributed by atoms with E-state index in [-0.39, 0.29) is 17.2 Å². The summed E-state index contributed by atoms with van der Waals surface area (Å²) in [7, 11) is -0.533. The molecule has 0 amide bonds. The van der Waals surface area contributed by atoms with Crippen LogP contribution in [0.2, 0.25) is 0 Å². The van der Waals surface area contributed by atoms with Gasteiger partial charge in [-0.05, 0) is 16.4 Å². The second-order valence-corrected chi connectivity index (χ2v) is 9.49. The molecule has 0 aromatic heterocycles. The maximum Gasteiger partial charge on any atom is 0.137 e. The highest BCUT2D eigenvalue weighted by atomic mass is 31.1. The van der Waals surface area contributed by atoms with Crippen LogP contribution in [0.15, 0.2) is 91.0 Å². The van der Waals surface area contributed by atoms with Crippen molar-refractivity contribution in [3.8, 4) is 0 Å². The summed E-state index contributed by atoms with van der Waals surface area (Å²) in [6.07, 6.45) is 0.648. The van der Waals surface area contributed by atoms with Crippen LogP contribution in [-0.4, -0.2) is 5.78 Å². The summed E-state index contributed by atoms with van der Waals surface area (Å²) in [4.78, 5) is 12.9. The number of hydrogen-bond donors (Lipinski definition) is 0. The van der Waals surface area contributed by atoms with Crippen LogP contribution in [0, 0.1) is 5.92 Å². The molecule has 130 valence electrons. The summed E-state index contributed by atoms with van der Waals surface area (Å²) in [6, 6.07) is 32.1. The van der Waals surface area contributed by atoms with E-state index in [1.807, 2.05) is 0 Å². The zero-order chi connectivity index (χ0) is 17.9. The molecular formula is C24H23OP. The summed E-state index contributed by atoms with van der Waals surface area (Å²) >= 11 is 0. The highest BCUT2D eigenvalue weighted by Crippen LogP contribution is 2.67. The van der Waals surface area contributed by atoms with Crippen molar-refractivity contribution < 1.29 is 4.79 Å². The summed E-state index contributed by atoms with van der Waals surface area (Å²) in [6.45, 7) is 2.12. The first-order chi connectivity index (χ1) is 12.8. The van der Waals surface area contributed by atoms with Crippen LogP contribution < -0.4 is 5.30 Å². The first kappa shape index (κ1) is 17.2. The Bertz CT molecular complexity index is 860. The van der Waals surface area contributed by atoms with Gasteiger partial charge in [-0.1, -0.05) is 106 Å². The summed E-state index contributed by atoms with van der Waals surface area (Å²) in [5.74, 6) is 0.450. The molecule has 26 heavy (non-hydrogen) atoms. The van der Waals surface area contributed by atoms with E-state index in [2.05, 4.69) is 97.9 Å². The molecule has 0 radical (unpaired) electrons. The molecule has 3 aromatic carbocycles. The van der Waals surface area contributed by atoms with Crippen molar-refractivity contribution in [2.24, 2.45) is 5.92 Å². The van der Waals surface area contributed by atoms with Gasteiger partial charge in [0.1, 0.15) is 5.78 Å². The van der Waals surface area contributed by atoms with E-state index >= 15 is 0 Å². The third-order valence-electron chi connectivity index (χ3n) is 5.39. The molecule has 1 nitrogen and oxygen atoms in total. The molecule has 0 unspecified atom stereocenters.